The van der Waals surface area contributed by atoms with Gasteiger partial charge in [-0.05, 0) is 0 Å². The first-order valence-corrected chi connectivity index (χ1v) is 26.9. The molecule has 40 heavy (non-hydrogen) atoms. The molecule has 0 radical (unpaired) electrons. The Balaban J connectivity index is 1.36. The van der Waals surface area contributed by atoms with Gasteiger partial charge >= 0.3 is 252 Å². The summed E-state index contributed by atoms with van der Waals surface area (Å²) in [6.07, 6.45) is 26.3. The summed E-state index contributed by atoms with van der Waals surface area (Å²) >= 11 is -4.73. The van der Waals surface area contributed by atoms with Crippen LogP contribution in [0.3, 0.4) is 0 Å². The first kappa shape index (κ1) is 28.0. The summed E-state index contributed by atoms with van der Waals surface area (Å²) < 4.78 is 1.93. The van der Waals surface area contributed by atoms with Gasteiger partial charge in [-0.3, -0.25) is 0 Å². The summed E-state index contributed by atoms with van der Waals surface area (Å²) in [6.45, 7) is 0. The molecule has 0 heterocycles. The molecule has 0 aliphatic heterocycles. The number of fused-ring (bicyclic) bond motifs is 2. The van der Waals surface area contributed by atoms with Crippen molar-refractivity contribution in [1.82, 2.24) is 0 Å². The molecule has 0 spiro atoms. The third-order valence-corrected chi connectivity index (χ3v) is 32.7. The zero-order valence-corrected chi connectivity index (χ0v) is 28.1. The molecule has 3 heteroatoms. The van der Waals surface area contributed by atoms with Gasteiger partial charge < -0.3 is 0 Å². The quantitative estimate of drug-likeness (QED) is 0.291. The van der Waals surface area contributed by atoms with Crippen LogP contribution in [0.4, 0.5) is 0 Å². The summed E-state index contributed by atoms with van der Waals surface area (Å²) in [4.78, 5) is 0. The first-order valence-electron chi connectivity index (χ1n) is 16.5. The van der Waals surface area contributed by atoms with Crippen LogP contribution in [0.15, 0.2) is 60.7 Å². The second-order valence-electron chi connectivity index (χ2n) is 13.9. The average Bonchev–Trinajstić information content (AvgIpc) is 3.75. The van der Waals surface area contributed by atoms with Gasteiger partial charge in [0.1, 0.15) is 0 Å². The Morgan fingerprint density at radius 3 is 1.43 bits per heavy atom. The number of hydrogen-bond acceptors (Lipinski definition) is 0. The van der Waals surface area contributed by atoms with Gasteiger partial charge in [0.2, 0.25) is 0 Å². The van der Waals surface area contributed by atoms with E-state index in [2.05, 4.69) is 60.7 Å². The van der Waals surface area contributed by atoms with Crippen molar-refractivity contribution < 1.29 is 15.9 Å². The number of allylic oxidation sites excluding steroid dienone is 4. The molecule has 5 aliphatic rings. The third kappa shape index (κ3) is 4.87. The van der Waals surface area contributed by atoms with Gasteiger partial charge in [0.25, 0.3) is 0 Å². The van der Waals surface area contributed by atoms with Crippen molar-refractivity contribution in [3.05, 3.63) is 82.9 Å². The van der Waals surface area contributed by atoms with E-state index in [4.69, 9.17) is 17.0 Å². The van der Waals surface area contributed by atoms with Crippen LogP contribution in [0.2, 0.25) is 0 Å². The van der Waals surface area contributed by atoms with E-state index in [1.54, 1.807) is 14.4 Å². The first-order chi connectivity index (χ1) is 19.5. The standard InChI is InChI=1S/2C16H19.C5H8.2ClH.Zr/c2*1-2-6-13(7-3-1)12-15-11-10-14-8-4-5-9-16(14)15;1-2-4-5-3-1;;;/h2*4-5,8-11,13H,1-3,6-7,12H2;1-4H2;2*1H;/q;;;;;+2/p-2. The average molecular weight is 653 g/mol. The number of halogens is 2. The Morgan fingerprint density at radius 2 is 0.975 bits per heavy atom. The Hall–Kier alpha value is -0.747. The summed E-state index contributed by atoms with van der Waals surface area (Å²) in [5.41, 5.74) is 8.88. The second-order valence-corrected chi connectivity index (χ2v) is 35.1. The van der Waals surface area contributed by atoms with Gasteiger partial charge in [-0.2, -0.15) is 0 Å². The van der Waals surface area contributed by atoms with Crippen molar-refractivity contribution in [2.24, 2.45) is 11.8 Å². The van der Waals surface area contributed by atoms with E-state index in [1.807, 2.05) is 0 Å². The Kier molecular flexibility index (Phi) is 7.99. The summed E-state index contributed by atoms with van der Waals surface area (Å²) in [5.74, 6) is 1.62. The molecule has 212 valence electrons. The predicted molar refractivity (Wildman–Crippen MR) is 172 cm³/mol. The molecule has 0 aromatic heterocycles. The molecule has 2 atom stereocenters. The molecule has 0 N–H and O–H groups in total. The van der Waals surface area contributed by atoms with E-state index < -0.39 is 15.9 Å². The van der Waals surface area contributed by atoms with Gasteiger partial charge in [0, 0.05) is 0 Å². The fourth-order valence-electron chi connectivity index (χ4n) is 9.43. The van der Waals surface area contributed by atoms with Crippen LogP contribution in [0.1, 0.15) is 132 Å². The van der Waals surface area contributed by atoms with Crippen LogP contribution in [0, 0.1) is 11.8 Å². The maximum absolute atomic E-state index is 8.53. The Labute approximate surface area is 250 Å². The third-order valence-electron chi connectivity index (χ3n) is 11.5. The molecular formula is C37H46Cl2Zr. The van der Waals surface area contributed by atoms with Crippen molar-refractivity contribution in [3.63, 3.8) is 0 Å². The van der Waals surface area contributed by atoms with Crippen LogP contribution < -0.4 is 0 Å². The van der Waals surface area contributed by atoms with Crippen LogP contribution in [0.25, 0.3) is 11.1 Å². The molecule has 7 rings (SSSR count). The van der Waals surface area contributed by atoms with Crippen LogP contribution in [0.5, 0.6) is 0 Å². The van der Waals surface area contributed by atoms with E-state index in [0.717, 1.165) is 24.7 Å². The van der Waals surface area contributed by atoms with E-state index in [-0.39, 0.29) is 7.25 Å². The summed E-state index contributed by atoms with van der Waals surface area (Å²) in [6, 6.07) is 18.4. The zero-order valence-electron chi connectivity index (χ0n) is 24.2. The van der Waals surface area contributed by atoms with Gasteiger partial charge in [-0.1, -0.05) is 0 Å². The van der Waals surface area contributed by atoms with E-state index in [1.165, 1.54) is 112 Å². The van der Waals surface area contributed by atoms with Crippen LogP contribution >= 0.6 is 17.0 Å². The molecular weight excluding hydrogens is 607 g/mol. The van der Waals surface area contributed by atoms with Gasteiger partial charge in [-0.25, -0.2) is 0 Å². The number of hydrogen-bond donors (Lipinski definition) is 0. The summed E-state index contributed by atoms with van der Waals surface area (Å²) in [5, 5.41) is 0. The van der Waals surface area contributed by atoms with Gasteiger partial charge in [0.15, 0.2) is 0 Å². The molecule has 0 bridgehead atoms. The van der Waals surface area contributed by atoms with Crippen molar-refractivity contribution in [2.75, 3.05) is 0 Å². The van der Waals surface area contributed by atoms with Gasteiger partial charge in [-0.15, -0.1) is 0 Å². The predicted octanol–water partition coefficient (Wildman–Crippen LogP) is 11.9. The van der Waals surface area contributed by atoms with E-state index >= 15 is 0 Å². The van der Waals surface area contributed by atoms with Crippen LogP contribution in [-0.4, -0.2) is 3.21 Å². The molecule has 3 fully saturated rings. The zero-order chi connectivity index (χ0) is 27.2. The van der Waals surface area contributed by atoms with Crippen molar-refractivity contribution in [3.8, 4) is 0 Å². The maximum atomic E-state index is 8.53. The summed E-state index contributed by atoms with van der Waals surface area (Å²) in [7, 11) is 17.1. The SMILES string of the molecule is [Cl][Zr]([Cl])(=[C]1CCCC1)([CH]1C=C(CC2CCCCC2)c2ccccc21)[CH]1C=C(CC2CCCCC2)c2ccccc21. The minimum atomic E-state index is -4.73. The fraction of sp³-hybridized carbons (Fsp3) is 0.541. The van der Waals surface area contributed by atoms with E-state index in [0.29, 0.717) is 0 Å². The molecule has 2 unspecified atom stereocenters. The van der Waals surface area contributed by atoms with Crippen molar-refractivity contribution >= 4 is 31.4 Å². The van der Waals surface area contributed by atoms with Crippen molar-refractivity contribution in [1.29, 1.82) is 0 Å². The fourth-order valence-corrected chi connectivity index (χ4v) is 28.8. The molecule has 0 nitrogen and oxygen atoms in total. The minimum absolute atomic E-state index is 0.177. The van der Waals surface area contributed by atoms with Crippen LogP contribution in [-0.2, 0) is 15.9 Å². The molecule has 0 saturated heterocycles. The Bertz CT molecular complexity index is 1290. The molecule has 5 aliphatic carbocycles. The monoisotopic (exact) mass is 650 g/mol. The van der Waals surface area contributed by atoms with E-state index in [9.17, 15) is 0 Å². The van der Waals surface area contributed by atoms with Gasteiger partial charge in [0.05, 0.1) is 0 Å². The molecule has 2 aromatic rings. The van der Waals surface area contributed by atoms with Crippen molar-refractivity contribution in [2.45, 2.75) is 110 Å². The topological polar surface area (TPSA) is 0 Å². The molecule has 3 saturated carbocycles. The molecule has 0 amide bonds. The normalized spacial score (nSPS) is 26.0. The number of rotatable bonds is 6. The molecule has 2 aromatic carbocycles. The number of benzene rings is 2. The second kappa shape index (κ2) is 11.4. The Morgan fingerprint density at radius 1 is 0.550 bits per heavy atom.